The molecule has 202 valence electrons. The summed E-state index contributed by atoms with van der Waals surface area (Å²) >= 11 is 1.80. The highest BCUT2D eigenvalue weighted by atomic mass is 32.2. The van der Waals surface area contributed by atoms with Gasteiger partial charge in [0.05, 0.1) is 24.4 Å². The highest BCUT2D eigenvalue weighted by Gasteiger charge is 2.39. The summed E-state index contributed by atoms with van der Waals surface area (Å²) in [4.78, 5) is 10.1. The van der Waals surface area contributed by atoms with Gasteiger partial charge in [-0.2, -0.15) is 0 Å². The molecule has 0 amide bonds. The van der Waals surface area contributed by atoms with Gasteiger partial charge < -0.3 is 14.8 Å². The standard InChI is InChI=1S/C35H29N3O2S/c1-39-26-21-19-24(20-22-26)34-27(23-36-25-11-3-2-4-12-25)35(37-28-13-5-8-16-31(28)40-34)38-29-14-6-9-17-32(29)41-33-18-10-7-15-30(33)38/h2-22,27,34,36H,23H2,1H3. The number of aliphatic imine (C=N–C) groups is 1. The van der Waals surface area contributed by atoms with Crippen molar-refractivity contribution in [3.8, 4) is 11.5 Å². The molecule has 2 atom stereocenters. The minimum Gasteiger partial charge on any atom is -0.497 e. The normalized spacial score (nSPS) is 17.2. The van der Waals surface area contributed by atoms with Gasteiger partial charge in [0.2, 0.25) is 0 Å². The molecule has 2 unspecified atom stereocenters. The van der Waals surface area contributed by atoms with Crippen LogP contribution in [0.5, 0.6) is 11.5 Å². The number of para-hydroxylation sites is 5. The minimum atomic E-state index is -0.312. The molecule has 5 aromatic rings. The molecule has 0 spiro atoms. The van der Waals surface area contributed by atoms with Crippen LogP contribution in [0, 0.1) is 5.92 Å². The Morgan fingerprint density at radius 1 is 0.756 bits per heavy atom. The van der Waals surface area contributed by atoms with E-state index in [1.165, 1.54) is 9.79 Å². The topological polar surface area (TPSA) is 46.1 Å². The van der Waals surface area contributed by atoms with Crippen molar-refractivity contribution in [1.29, 1.82) is 0 Å². The molecule has 5 aromatic carbocycles. The Morgan fingerprint density at radius 3 is 2.10 bits per heavy atom. The number of benzene rings is 5. The Kier molecular flexibility index (Phi) is 6.83. The van der Waals surface area contributed by atoms with Gasteiger partial charge in [0, 0.05) is 22.0 Å². The molecule has 41 heavy (non-hydrogen) atoms. The molecular weight excluding hydrogens is 526 g/mol. The fourth-order valence-electron chi connectivity index (χ4n) is 5.45. The van der Waals surface area contributed by atoms with Crippen LogP contribution < -0.4 is 19.7 Å². The van der Waals surface area contributed by atoms with Crippen LogP contribution in [-0.4, -0.2) is 19.5 Å². The summed E-state index contributed by atoms with van der Waals surface area (Å²) in [5, 5.41) is 3.69. The van der Waals surface area contributed by atoms with E-state index in [9.17, 15) is 0 Å². The Morgan fingerprint density at radius 2 is 1.39 bits per heavy atom. The fourth-order valence-corrected chi connectivity index (χ4v) is 6.51. The van der Waals surface area contributed by atoms with E-state index in [1.54, 1.807) is 18.9 Å². The summed E-state index contributed by atoms with van der Waals surface area (Å²) in [6.45, 7) is 0.613. The average molecular weight is 556 g/mol. The molecule has 2 aliphatic heterocycles. The van der Waals surface area contributed by atoms with Gasteiger partial charge in [0.1, 0.15) is 29.1 Å². The van der Waals surface area contributed by atoms with Crippen LogP contribution >= 0.6 is 11.8 Å². The Balaban J connectivity index is 1.43. The van der Waals surface area contributed by atoms with Crippen molar-refractivity contribution in [2.24, 2.45) is 10.9 Å². The highest BCUT2D eigenvalue weighted by molar-refractivity contribution is 7.99. The molecule has 0 saturated carbocycles. The van der Waals surface area contributed by atoms with Crippen LogP contribution in [0.2, 0.25) is 0 Å². The van der Waals surface area contributed by atoms with Crippen LogP contribution in [0.15, 0.2) is 142 Å². The van der Waals surface area contributed by atoms with Crippen LogP contribution in [0.25, 0.3) is 0 Å². The third-order valence-corrected chi connectivity index (χ3v) is 8.59. The molecule has 0 aromatic heterocycles. The van der Waals surface area contributed by atoms with Crippen LogP contribution in [0.3, 0.4) is 0 Å². The quantitative estimate of drug-likeness (QED) is 0.235. The number of methoxy groups -OCH3 is 1. The van der Waals surface area contributed by atoms with Gasteiger partial charge in [-0.05, 0) is 66.2 Å². The van der Waals surface area contributed by atoms with Crippen molar-refractivity contribution < 1.29 is 9.47 Å². The smallest absolute Gasteiger partial charge is 0.145 e. The zero-order chi connectivity index (χ0) is 27.6. The summed E-state index contributed by atoms with van der Waals surface area (Å²) < 4.78 is 12.4. The van der Waals surface area contributed by atoms with Gasteiger partial charge in [0.25, 0.3) is 0 Å². The highest BCUT2D eigenvalue weighted by Crippen LogP contribution is 2.50. The Labute approximate surface area is 244 Å². The van der Waals surface area contributed by atoms with E-state index in [0.29, 0.717) is 6.54 Å². The lowest BCUT2D eigenvalue weighted by Crippen LogP contribution is -2.41. The Bertz CT molecular complexity index is 1660. The number of hydrogen-bond acceptors (Lipinski definition) is 6. The van der Waals surface area contributed by atoms with Crippen LogP contribution in [0.1, 0.15) is 11.7 Å². The van der Waals surface area contributed by atoms with E-state index < -0.39 is 0 Å². The second kappa shape index (κ2) is 11.1. The summed E-state index contributed by atoms with van der Waals surface area (Å²) in [5.41, 5.74) is 5.16. The number of rotatable bonds is 5. The number of ether oxygens (including phenoxy) is 2. The van der Waals surface area contributed by atoms with E-state index in [0.717, 1.165) is 45.6 Å². The van der Waals surface area contributed by atoms with E-state index in [2.05, 4.69) is 83.0 Å². The van der Waals surface area contributed by atoms with Gasteiger partial charge >= 0.3 is 0 Å². The maximum atomic E-state index is 6.89. The molecule has 1 N–H and O–H groups in total. The first-order valence-corrected chi connectivity index (χ1v) is 14.5. The average Bonchev–Trinajstić information content (AvgIpc) is 3.20. The second-order valence-electron chi connectivity index (χ2n) is 9.98. The molecule has 2 aliphatic rings. The monoisotopic (exact) mass is 555 g/mol. The molecular formula is C35H29N3O2S. The lowest BCUT2D eigenvalue weighted by Gasteiger charge is -2.38. The molecule has 0 saturated heterocycles. The van der Waals surface area contributed by atoms with Crippen molar-refractivity contribution in [3.05, 3.63) is 133 Å². The number of anilines is 3. The molecule has 2 heterocycles. The molecule has 0 radical (unpaired) electrons. The van der Waals surface area contributed by atoms with Gasteiger partial charge in [-0.3, -0.25) is 4.90 Å². The third kappa shape index (κ3) is 4.92. The summed E-state index contributed by atoms with van der Waals surface area (Å²) in [6, 6.07) is 43.7. The number of amidine groups is 1. The zero-order valence-corrected chi connectivity index (χ0v) is 23.4. The SMILES string of the molecule is COc1ccc(C2Oc3ccccc3N=C(N3c4ccccc4Sc4ccccc43)C2CNc2ccccc2)cc1. The first-order valence-electron chi connectivity index (χ1n) is 13.7. The predicted molar refractivity (Wildman–Crippen MR) is 167 cm³/mol. The predicted octanol–water partition coefficient (Wildman–Crippen LogP) is 8.89. The first kappa shape index (κ1) is 25.3. The maximum absolute atomic E-state index is 6.89. The van der Waals surface area contributed by atoms with Gasteiger partial charge in [-0.1, -0.05) is 78.5 Å². The molecule has 5 nitrogen and oxygen atoms in total. The van der Waals surface area contributed by atoms with Crippen molar-refractivity contribution in [1.82, 2.24) is 0 Å². The van der Waals surface area contributed by atoms with Crippen molar-refractivity contribution in [2.45, 2.75) is 15.9 Å². The van der Waals surface area contributed by atoms with E-state index in [1.807, 2.05) is 54.6 Å². The second-order valence-corrected chi connectivity index (χ2v) is 11.1. The third-order valence-electron chi connectivity index (χ3n) is 7.46. The van der Waals surface area contributed by atoms with Crippen molar-refractivity contribution in [3.63, 3.8) is 0 Å². The first-order chi connectivity index (χ1) is 20.3. The van der Waals surface area contributed by atoms with Crippen LogP contribution in [0.4, 0.5) is 22.7 Å². The molecule has 6 heteroatoms. The molecule has 7 rings (SSSR count). The summed E-state index contributed by atoms with van der Waals surface area (Å²) in [5.74, 6) is 2.35. The fraction of sp³-hybridized carbons (Fsp3) is 0.114. The summed E-state index contributed by atoms with van der Waals surface area (Å²) in [6.07, 6.45) is -0.312. The van der Waals surface area contributed by atoms with E-state index >= 15 is 0 Å². The zero-order valence-electron chi connectivity index (χ0n) is 22.6. The number of hydrogen-bond donors (Lipinski definition) is 1. The number of nitrogens with zero attached hydrogens (tertiary/aromatic N) is 2. The van der Waals surface area contributed by atoms with Crippen molar-refractivity contribution in [2.75, 3.05) is 23.9 Å². The van der Waals surface area contributed by atoms with E-state index in [4.69, 9.17) is 14.5 Å². The van der Waals surface area contributed by atoms with Gasteiger partial charge in [0.15, 0.2) is 0 Å². The van der Waals surface area contributed by atoms with Crippen molar-refractivity contribution >= 4 is 40.3 Å². The Hall–Kier alpha value is -4.68. The van der Waals surface area contributed by atoms with Gasteiger partial charge in [-0.25, -0.2) is 4.99 Å². The largest absolute Gasteiger partial charge is 0.497 e. The lowest BCUT2D eigenvalue weighted by molar-refractivity contribution is 0.175. The van der Waals surface area contributed by atoms with Gasteiger partial charge in [-0.15, -0.1) is 0 Å². The van der Waals surface area contributed by atoms with E-state index in [-0.39, 0.29) is 12.0 Å². The minimum absolute atomic E-state index is 0.153. The number of nitrogens with one attached hydrogen (secondary N) is 1. The summed E-state index contributed by atoms with van der Waals surface area (Å²) in [7, 11) is 1.69. The molecule has 0 bridgehead atoms. The molecule has 0 fully saturated rings. The van der Waals surface area contributed by atoms with Crippen LogP contribution in [-0.2, 0) is 0 Å². The maximum Gasteiger partial charge on any atom is 0.145 e. The lowest BCUT2D eigenvalue weighted by atomic mass is 9.92. The molecule has 0 aliphatic carbocycles. The number of fused-ring (bicyclic) bond motifs is 3.